The summed E-state index contributed by atoms with van der Waals surface area (Å²) >= 11 is 1.89. The minimum absolute atomic E-state index is 0.0190. The fraction of sp³-hybridized carbons (Fsp3) is 0.318. The van der Waals surface area contributed by atoms with Crippen molar-refractivity contribution in [1.82, 2.24) is 9.55 Å². The number of nitrogens with one attached hydrogen (secondary N) is 1. The van der Waals surface area contributed by atoms with Crippen LogP contribution in [-0.2, 0) is 12.0 Å². The molecule has 1 fully saturated rings. The van der Waals surface area contributed by atoms with E-state index in [0.717, 1.165) is 38.8 Å². The van der Waals surface area contributed by atoms with E-state index in [1.807, 2.05) is 11.3 Å². The molecule has 136 valence electrons. The van der Waals surface area contributed by atoms with Gasteiger partial charge in [-0.25, -0.2) is 4.98 Å². The number of hydrogen-bond acceptors (Lipinski definition) is 4. The quantitative estimate of drug-likeness (QED) is 0.663. The SMILES string of the molecule is C1=Cc2nc(N3CCC4(CC3)Nc3ccccc3-n3cccc34)sc2CC1. The number of aromatic nitrogens is 2. The van der Waals surface area contributed by atoms with Crippen molar-refractivity contribution in [3.63, 3.8) is 0 Å². The highest BCUT2D eigenvalue weighted by molar-refractivity contribution is 7.15. The minimum atomic E-state index is 0.0190. The normalized spacial score (nSPS) is 19.3. The number of allylic oxidation sites excluding steroid dienone is 1. The number of aryl methyl sites for hydroxylation is 1. The summed E-state index contributed by atoms with van der Waals surface area (Å²) < 4.78 is 2.37. The molecule has 3 aliphatic rings. The Kier molecular flexibility index (Phi) is 3.29. The Hall–Kier alpha value is -2.53. The van der Waals surface area contributed by atoms with Crippen molar-refractivity contribution >= 4 is 28.2 Å². The maximum absolute atomic E-state index is 4.91. The molecule has 0 saturated carbocycles. The summed E-state index contributed by atoms with van der Waals surface area (Å²) in [7, 11) is 0. The average molecular weight is 375 g/mol. The smallest absolute Gasteiger partial charge is 0.186 e. The molecule has 2 aliphatic heterocycles. The van der Waals surface area contributed by atoms with Gasteiger partial charge in [0.2, 0.25) is 0 Å². The van der Waals surface area contributed by atoms with Gasteiger partial charge >= 0.3 is 0 Å². The molecule has 5 heteroatoms. The molecule has 2 aromatic heterocycles. The third kappa shape index (κ3) is 2.31. The van der Waals surface area contributed by atoms with E-state index in [4.69, 9.17) is 4.98 Å². The van der Waals surface area contributed by atoms with E-state index in [1.54, 1.807) is 0 Å². The molecule has 27 heavy (non-hydrogen) atoms. The van der Waals surface area contributed by atoms with Crippen molar-refractivity contribution in [3.8, 4) is 5.69 Å². The third-order valence-electron chi connectivity index (χ3n) is 6.19. The number of fused-ring (bicyclic) bond motifs is 5. The molecule has 4 heterocycles. The van der Waals surface area contributed by atoms with Crippen molar-refractivity contribution in [3.05, 3.63) is 64.9 Å². The number of anilines is 2. The summed E-state index contributed by atoms with van der Waals surface area (Å²) in [5.41, 5.74) is 5.10. The zero-order chi connectivity index (χ0) is 17.8. The van der Waals surface area contributed by atoms with Gasteiger partial charge < -0.3 is 14.8 Å². The summed E-state index contributed by atoms with van der Waals surface area (Å²) in [6.45, 7) is 2.08. The number of rotatable bonds is 1. The maximum Gasteiger partial charge on any atom is 0.186 e. The molecular weight excluding hydrogens is 352 g/mol. The summed E-state index contributed by atoms with van der Waals surface area (Å²) in [6, 6.07) is 13.1. The Balaban J connectivity index is 1.30. The molecule has 0 amide bonds. The summed E-state index contributed by atoms with van der Waals surface area (Å²) in [5, 5.41) is 5.10. The second-order valence-electron chi connectivity index (χ2n) is 7.72. The van der Waals surface area contributed by atoms with Crippen LogP contribution >= 0.6 is 11.3 Å². The van der Waals surface area contributed by atoms with Crippen molar-refractivity contribution < 1.29 is 0 Å². The van der Waals surface area contributed by atoms with Crippen molar-refractivity contribution in [2.75, 3.05) is 23.3 Å². The molecule has 1 aromatic carbocycles. The van der Waals surface area contributed by atoms with Gasteiger partial charge in [0.15, 0.2) is 5.13 Å². The third-order valence-corrected chi connectivity index (χ3v) is 7.39. The van der Waals surface area contributed by atoms with Gasteiger partial charge in [-0.3, -0.25) is 0 Å². The zero-order valence-electron chi connectivity index (χ0n) is 15.2. The lowest BCUT2D eigenvalue weighted by atomic mass is 9.82. The Morgan fingerprint density at radius 2 is 1.96 bits per heavy atom. The molecule has 6 rings (SSSR count). The van der Waals surface area contributed by atoms with Gasteiger partial charge in [0, 0.05) is 29.9 Å². The predicted molar refractivity (Wildman–Crippen MR) is 112 cm³/mol. The largest absolute Gasteiger partial charge is 0.372 e. The van der Waals surface area contributed by atoms with Crippen LogP contribution in [-0.4, -0.2) is 22.6 Å². The van der Waals surface area contributed by atoms with Crippen LogP contribution in [0.25, 0.3) is 11.8 Å². The number of thiazole rings is 1. The van der Waals surface area contributed by atoms with Crippen LogP contribution in [0.15, 0.2) is 48.7 Å². The standard InChI is InChI=1S/C22H22N4S/c1-3-8-18-16(6-1)24-22(20-10-5-13-26(18)20)11-14-25(15-12-22)21-23-17-7-2-4-9-19(17)27-21/h1-3,5-8,10,13,24H,4,9,11-12,14-15H2. The Morgan fingerprint density at radius 3 is 2.85 bits per heavy atom. The molecule has 0 radical (unpaired) electrons. The van der Waals surface area contributed by atoms with Gasteiger partial charge in [-0.15, -0.1) is 11.3 Å². The van der Waals surface area contributed by atoms with Gasteiger partial charge in [-0.05, 0) is 56.0 Å². The van der Waals surface area contributed by atoms with Crippen molar-refractivity contribution in [2.45, 2.75) is 31.2 Å². The molecule has 4 nitrogen and oxygen atoms in total. The minimum Gasteiger partial charge on any atom is -0.372 e. The van der Waals surface area contributed by atoms with E-state index in [1.165, 1.54) is 32.8 Å². The lowest BCUT2D eigenvalue weighted by Gasteiger charge is -2.46. The van der Waals surface area contributed by atoms with E-state index >= 15 is 0 Å². The van der Waals surface area contributed by atoms with Crippen LogP contribution < -0.4 is 10.2 Å². The molecule has 0 unspecified atom stereocenters. The lowest BCUT2D eigenvalue weighted by molar-refractivity contribution is 0.356. The van der Waals surface area contributed by atoms with Gasteiger partial charge in [0.1, 0.15) is 0 Å². The fourth-order valence-electron chi connectivity index (χ4n) is 4.76. The second-order valence-corrected chi connectivity index (χ2v) is 8.78. The molecule has 3 aromatic rings. The highest BCUT2D eigenvalue weighted by atomic mass is 32.1. The van der Waals surface area contributed by atoms with E-state index < -0.39 is 0 Å². The maximum atomic E-state index is 4.91. The van der Waals surface area contributed by atoms with Crippen LogP contribution in [0.5, 0.6) is 0 Å². The number of benzene rings is 1. The average Bonchev–Trinajstić information content (AvgIpc) is 3.37. The molecule has 1 spiro atoms. The topological polar surface area (TPSA) is 33.1 Å². The Morgan fingerprint density at radius 1 is 1.07 bits per heavy atom. The molecular formula is C22H22N4S. The van der Waals surface area contributed by atoms with E-state index in [-0.39, 0.29) is 5.54 Å². The van der Waals surface area contributed by atoms with E-state index in [2.05, 4.69) is 69.5 Å². The molecule has 1 saturated heterocycles. The van der Waals surface area contributed by atoms with Crippen LogP contribution in [0.3, 0.4) is 0 Å². The van der Waals surface area contributed by atoms with Crippen LogP contribution in [0.2, 0.25) is 0 Å². The summed E-state index contributed by atoms with van der Waals surface area (Å²) in [6.07, 6.45) is 11.1. The monoisotopic (exact) mass is 374 g/mol. The Bertz CT molecular complexity index is 1040. The van der Waals surface area contributed by atoms with Crippen molar-refractivity contribution in [1.29, 1.82) is 0 Å². The zero-order valence-corrected chi connectivity index (χ0v) is 16.0. The van der Waals surface area contributed by atoms with Crippen molar-refractivity contribution in [2.24, 2.45) is 0 Å². The highest BCUT2D eigenvalue weighted by Crippen LogP contribution is 2.44. The van der Waals surface area contributed by atoms with Crippen LogP contribution in [0, 0.1) is 0 Å². The molecule has 1 N–H and O–H groups in total. The second kappa shape index (κ2) is 5.73. The first kappa shape index (κ1) is 15.5. The lowest BCUT2D eigenvalue weighted by Crippen LogP contribution is -2.49. The van der Waals surface area contributed by atoms with Gasteiger partial charge in [0.25, 0.3) is 0 Å². The summed E-state index contributed by atoms with van der Waals surface area (Å²) in [4.78, 5) is 8.84. The molecule has 0 bridgehead atoms. The summed E-state index contributed by atoms with van der Waals surface area (Å²) in [5.74, 6) is 0. The fourth-order valence-corrected chi connectivity index (χ4v) is 5.87. The van der Waals surface area contributed by atoms with E-state index in [9.17, 15) is 0 Å². The van der Waals surface area contributed by atoms with Gasteiger partial charge in [0.05, 0.1) is 22.6 Å². The first-order valence-electron chi connectivity index (χ1n) is 9.79. The van der Waals surface area contributed by atoms with Gasteiger partial charge in [-0.2, -0.15) is 0 Å². The first-order chi connectivity index (χ1) is 13.3. The number of hydrogen-bond donors (Lipinski definition) is 1. The molecule has 0 atom stereocenters. The van der Waals surface area contributed by atoms with Crippen LogP contribution in [0.1, 0.15) is 35.5 Å². The molecule has 1 aliphatic carbocycles. The number of para-hydroxylation sites is 2. The number of piperidine rings is 1. The van der Waals surface area contributed by atoms with E-state index in [0.29, 0.717) is 0 Å². The predicted octanol–water partition coefficient (Wildman–Crippen LogP) is 4.81. The Labute approximate surface area is 163 Å². The van der Waals surface area contributed by atoms with Crippen LogP contribution in [0.4, 0.5) is 10.8 Å². The number of nitrogens with zero attached hydrogens (tertiary/aromatic N) is 3. The first-order valence-corrected chi connectivity index (χ1v) is 10.6. The highest BCUT2D eigenvalue weighted by Gasteiger charge is 2.41. The van der Waals surface area contributed by atoms with Gasteiger partial charge in [-0.1, -0.05) is 18.2 Å².